The molecule has 1 aromatic heterocycles. The number of aromatic nitrogens is 2. The topological polar surface area (TPSA) is 56.2 Å². The van der Waals surface area contributed by atoms with E-state index in [1.54, 1.807) is 4.68 Å². The quantitative estimate of drug-likeness (QED) is 0.930. The van der Waals surface area contributed by atoms with Gasteiger partial charge in [0.15, 0.2) is 0 Å². The molecule has 1 aliphatic heterocycles. The first kappa shape index (κ1) is 17.7. The molecular weight excluding hydrogens is 314 g/mol. The van der Waals surface area contributed by atoms with Gasteiger partial charge in [0.25, 0.3) is 0 Å². The molecule has 5 heteroatoms. The Balaban J connectivity index is 1.87. The van der Waals surface area contributed by atoms with Gasteiger partial charge in [-0.05, 0) is 39.2 Å². The first-order valence-electron chi connectivity index (χ1n) is 8.88. The summed E-state index contributed by atoms with van der Waals surface area (Å²) in [4.78, 5) is 13.3. The fourth-order valence-electron chi connectivity index (χ4n) is 3.69. The molecule has 1 fully saturated rings. The molecule has 2 heterocycles. The molecule has 0 bridgehead atoms. The highest BCUT2D eigenvalue weighted by Crippen LogP contribution is 2.36. The number of aryl methyl sites for hydroxylation is 3. The molecule has 0 aliphatic carbocycles. The summed E-state index contributed by atoms with van der Waals surface area (Å²) in [5.74, 6) is 0.0791. The fraction of sp³-hybridized carbons (Fsp3) is 0.500. The van der Waals surface area contributed by atoms with Crippen LogP contribution in [0.4, 0.5) is 0 Å². The van der Waals surface area contributed by atoms with Crippen molar-refractivity contribution in [2.24, 2.45) is 7.05 Å². The summed E-state index contributed by atoms with van der Waals surface area (Å²) < 4.78 is 7.33. The van der Waals surface area contributed by atoms with E-state index < -0.39 is 5.41 Å². The van der Waals surface area contributed by atoms with Crippen LogP contribution in [0, 0.1) is 13.8 Å². The van der Waals surface area contributed by atoms with Crippen LogP contribution in [0.5, 0.6) is 0 Å². The maximum Gasteiger partial charge on any atom is 0.231 e. The molecule has 1 atom stereocenters. The standard InChI is InChI=1S/C20H27N3O2/c1-14-5-7-17(8-6-14)20(9-11-25-12-10-20)19(24)21-15(2)18-13-23(4)22-16(18)3/h5-8,13,15H,9-12H2,1-4H3,(H,21,24). The molecule has 1 amide bonds. The summed E-state index contributed by atoms with van der Waals surface area (Å²) in [7, 11) is 1.90. The highest BCUT2D eigenvalue weighted by atomic mass is 16.5. The Hall–Kier alpha value is -2.14. The number of nitrogens with one attached hydrogen (secondary N) is 1. The van der Waals surface area contributed by atoms with Crippen LogP contribution >= 0.6 is 0 Å². The Morgan fingerprint density at radius 3 is 2.44 bits per heavy atom. The molecule has 1 saturated heterocycles. The van der Waals surface area contributed by atoms with E-state index in [0.29, 0.717) is 26.1 Å². The molecule has 0 saturated carbocycles. The van der Waals surface area contributed by atoms with Crippen molar-refractivity contribution in [1.29, 1.82) is 0 Å². The van der Waals surface area contributed by atoms with Crippen molar-refractivity contribution in [3.8, 4) is 0 Å². The van der Waals surface area contributed by atoms with Crippen LogP contribution in [0.2, 0.25) is 0 Å². The summed E-state index contributed by atoms with van der Waals surface area (Å²) in [6, 6.07) is 8.25. The predicted octanol–water partition coefficient (Wildman–Crippen LogP) is 2.96. The zero-order chi connectivity index (χ0) is 18.0. The van der Waals surface area contributed by atoms with Gasteiger partial charge in [-0.25, -0.2) is 0 Å². The van der Waals surface area contributed by atoms with Gasteiger partial charge < -0.3 is 10.1 Å². The molecule has 1 unspecified atom stereocenters. The minimum atomic E-state index is -0.518. The Morgan fingerprint density at radius 2 is 1.88 bits per heavy atom. The molecule has 1 N–H and O–H groups in total. The second-order valence-corrected chi connectivity index (χ2v) is 7.10. The van der Waals surface area contributed by atoms with E-state index in [0.717, 1.165) is 16.8 Å². The van der Waals surface area contributed by atoms with Crippen molar-refractivity contribution in [2.45, 2.75) is 45.1 Å². The lowest BCUT2D eigenvalue weighted by molar-refractivity contribution is -0.131. The zero-order valence-corrected chi connectivity index (χ0v) is 15.5. The Morgan fingerprint density at radius 1 is 1.24 bits per heavy atom. The van der Waals surface area contributed by atoms with Crippen LogP contribution in [-0.2, 0) is 22.0 Å². The largest absolute Gasteiger partial charge is 0.381 e. The van der Waals surface area contributed by atoms with Crippen LogP contribution in [0.25, 0.3) is 0 Å². The third kappa shape index (κ3) is 3.47. The number of carbonyl (C=O) groups is 1. The third-order valence-corrected chi connectivity index (χ3v) is 5.25. The molecule has 2 aromatic rings. The molecule has 0 spiro atoms. The van der Waals surface area contributed by atoms with Crippen molar-refractivity contribution < 1.29 is 9.53 Å². The fourth-order valence-corrected chi connectivity index (χ4v) is 3.69. The van der Waals surface area contributed by atoms with Crippen LogP contribution in [0.3, 0.4) is 0 Å². The van der Waals surface area contributed by atoms with E-state index in [4.69, 9.17) is 4.74 Å². The van der Waals surface area contributed by atoms with Crippen LogP contribution < -0.4 is 5.32 Å². The summed E-state index contributed by atoms with van der Waals surface area (Å²) in [6.45, 7) is 7.28. The van der Waals surface area contributed by atoms with Gasteiger partial charge in [-0.2, -0.15) is 5.10 Å². The molecule has 0 radical (unpaired) electrons. The van der Waals surface area contributed by atoms with E-state index in [2.05, 4.69) is 41.6 Å². The van der Waals surface area contributed by atoms with Crippen molar-refractivity contribution in [2.75, 3.05) is 13.2 Å². The molecule has 5 nitrogen and oxygen atoms in total. The van der Waals surface area contributed by atoms with Gasteiger partial charge in [0, 0.05) is 32.0 Å². The van der Waals surface area contributed by atoms with Crippen molar-refractivity contribution in [3.63, 3.8) is 0 Å². The van der Waals surface area contributed by atoms with Gasteiger partial charge in [-0.1, -0.05) is 29.8 Å². The second-order valence-electron chi connectivity index (χ2n) is 7.10. The monoisotopic (exact) mass is 341 g/mol. The average molecular weight is 341 g/mol. The number of benzene rings is 1. The van der Waals surface area contributed by atoms with Gasteiger partial charge >= 0.3 is 0 Å². The molecule has 1 aromatic carbocycles. The Bertz CT molecular complexity index is 743. The number of amides is 1. The predicted molar refractivity (Wildman–Crippen MR) is 97.4 cm³/mol. The smallest absolute Gasteiger partial charge is 0.231 e. The lowest BCUT2D eigenvalue weighted by atomic mass is 9.73. The number of nitrogens with zero attached hydrogens (tertiary/aromatic N) is 2. The maximum absolute atomic E-state index is 13.3. The molecule has 25 heavy (non-hydrogen) atoms. The van der Waals surface area contributed by atoms with Crippen molar-refractivity contribution in [3.05, 3.63) is 52.8 Å². The number of hydrogen-bond acceptors (Lipinski definition) is 3. The minimum Gasteiger partial charge on any atom is -0.381 e. The normalized spacial score (nSPS) is 17.9. The second kappa shape index (κ2) is 7.00. The summed E-state index contributed by atoms with van der Waals surface area (Å²) in [5.41, 5.74) is 3.77. The maximum atomic E-state index is 13.3. The van der Waals surface area contributed by atoms with Crippen LogP contribution in [0.1, 0.15) is 48.2 Å². The van der Waals surface area contributed by atoms with Gasteiger partial charge in [0.1, 0.15) is 0 Å². The minimum absolute atomic E-state index is 0.0774. The highest BCUT2D eigenvalue weighted by Gasteiger charge is 2.42. The number of hydrogen-bond donors (Lipinski definition) is 1. The lowest BCUT2D eigenvalue weighted by Gasteiger charge is -2.37. The SMILES string of the molecule is Cc1ccc(C2(C(=O)NC(C)c3cn(C)nc3C)CCOCC2)cc1. The molecular formula is C20H27N3O2. The van der Waals surface area contributed by atoms with E-state index in [1.807, 2.05) is 27.1 Å². The van der Waals surface area contributed by atoms with Crippen LogP contribution in [-0.4, -0.2) is 28.9 Å². The number of rotatable bonds is 4. The Labute approximate surface area is 149 Å². The van der Waals surface area contributed by atoms with Crippen molar-refractivity contribution >= 4 is 5.91 Å². The Kier molecular flexibility index (Phi) is 4.95. The number of ether oxygens (including phenoxy) is 1. The van der Waals surface area contributed by atoms with Gasteiger partial charge in [-0.3, -0.25) is 9.48 Å². The summed E-state index contributed by atoms with van der Waals surface area (Å²) in [5, 5.41) is 7.61. The van der Waals surface area contributed by atoms with E-state index >= 15 is 0 Å². The average Bonchev–Trinajstić information content (AvgIpc) is 2.94. The highest BCUT2D eigenvalue weighted by molar-refractivity contribution is 5.88. The molecule has 134 valence electrons. The first-order valence-corrected chi connectivity index (χ1v) is 8.88. The first-order chi connectivity index (χ1) is 11.9. The van der Waals surface area contributed by atoms with Crippen molar-refractivity contribution in [1.82, 2.24) is 15.1 Å². The lowest BCUT2D eigenvalue weighted by Crippen LogP contribution is -2.48. The van der Waals surface area contributed by atoms with Gasteiger partial charge in [0.2, 0.25) is 5.91 Å². The third-order valence-electron chi connectivity index (χ3n) is 5.25. The van der Waals surface area contributed by atoms with E-state index in [-0.39, 0.29) is 11.9 Å². The number of carbonyl (C=O) groups excluding carboxylic acids is 1. The molecule has 3 rings (SSSR count). The molecule has 1 aliphatic rings. The van der Waals surface area contributed by atoms with Gasteiger partial charge in [-0.15, -0.1) is 0 Å². The van der Waals surface area contributed by atoms with Gasteiger partial charge in [0.05, 0.1) is 17.2 Å². The van der Waals surface area contributed by atoms with Crippen LogP contribution in [0.15, 0.2) is 30.5 Å². The summed E-state index contributed by atoms with van der Waals surface area (Å²) in [6.07, 6.45) is 3.39. The summed E-state index contributed by atoms with van der Waals surface area (Å²) >= 11 is 0. The zero-order valence-electron chi connectivity index (χ0n) is 15.5. The van der Waals surface area contributed by atoms with E-state index in [1.165, 1.54) is 5.56 Å². The van der Waals surface area contributed by atoms with E-state index in [9.17, 15) is 4.79 Å².